The molecule has 1 fully saturated rings. The minimum Gasteiger partial charge on any atom is -0.396 e. The van der Waals surface area contributed by atoms with E-state index in [1.807, 2.05) is 0 Å². The molecule has 0 radical (unpaired) electrons. The van der Waals surface area contributed by atoms with E-state index in [1.165, 1.54) is 18.5 Å². The van der Waals surface area contributed by atoms with Crippen molar-refractivity contribution < 1.29 is 4.74 Å². The third-order valence-electron chi connectivity index (χ3n) is 3.53. The molecule has 0 amide bonds. The molecular weight excluding hydrogens is 214 g/mol. The SMILES string of the molecule is CCc1nn(CCC2CCCO2)c(CC)c1N. The molecule has 0 aromatic carbocycles. The van der Waals surface area contributed by atoms with E-state index in [1.54, 1.807) is 0 Å². The molecule has 1 aliphatic heterocycles. The molecule has 0 saturated carbocycles. The minimum absolute atomic E-state index is 0.426. The van der Waals surface area contributed by atoms with Crippen LogP contribution in [0.5, 0.6) is 0 Å². The second-order valence-corrected chi connectivity index (χ2v) is 4.66. The summed E-state index contributed by atoms with van der Waals surface area (Å²) in [7, 11) is 0. The van der Waals surface area contributed by atoms with Gasteiger partial charge in [-0.3, -0.25) is 4.68 Å². The van der Waals surface area contributed by atoms with Gasteiger partial charge >= 0.3 is 0 Å². The molecule has 1 aromatic heterocycles. The lowest BCUT2D eigenvalue weighted by Crippen LogP contribution is -2.13. The summed E-state index contributed by atoms with van der Waals surface area (Å²) in [4.78, 5) is 0. The lowest BCUT2D eigenvalue weighted by molar-refractivity contribution is 0.0992. The maximum Gasteiger partial charge on any atom is 0.0854 e. The summed E-state index contributed by atoms with van der Waals surface area (Å²) in [5, 5.41) is 4.60. The summed E-state index contributed by atoms with van der Waals surface area (Å²) in [6, 6.07) is 0. The topological polar surface area (TPSA) is 53.1 Å². The van der Waals surface area contributed by atoms with E-state index in [9.17, 15) is 0 Å². The first-order chi connectivity index (χ1) is 8.26. The summed E-state index contributed by atoms with van der Waals surface area (Å²) >= 11 is 0. The van der Waals surface area contributed by atoms with Crippen LogP contribution < -0.4 is 5.73 Å². The Balaban J connectivity index is 2.03. The maximum atomic E-state index is 6.09. The number of nitrogens with two attached hydrogens (primary N) is 1. The van der Waals surface area contributed by atoms with E-state index in [0.29, 0.717) is 6.10 Å². The van der Waals surface area contributed by atoms with Crippen molar-refractivity contribution in [3.05, 3.63) is 11.4 Å². The molecule has 0 aliphatic carbocycles. The average Bonchev–Trinajstić information content (AvgIpc) is 2.94. The molecule has 4 heteroatoms. The van der Waals surface area contributed by atoms with Crippen molar-refractivity contribution in [3.63, 3.8) is 0 Å². The van der Waals surface area contributed by atoms with Gasteiger partial charge in [0.1, 0.15) is 0 Å². The quantitative estimate of drug-likeness (QED) is 0.853. The van der Waals surface area contributed by atoms with Crippen LogP contribution in [0.25, 0.3) is 0 Å². The predicted octanol–water partition coefficient (Wildman–Crippen LogP) is 2.16. The predicted molar refractivity (Wildman–Crippen MR) is 69.0 cm³/mol. The number of aromatic nitrogens is 2. The van der Waals surface area contributed by atoms with Crippen LogP contribution in [0, 0.1) is 0 Å². The van der Waals surface area contributed by atoms with Crippen molar-refractivity contribution in [2.45, 2.75) is 58.6 Å². The Morgan fingerprint density at radius 3 is 2.82 bits per heavy atom. The zero-order valence-corrected chi connectivity index (χ0v) is 10.9. The van der Waals surface area contributed by atoms with Crippen LogP contribution >= 0.6 is 0 Å². The molecule has 96 valence electrons. The zero-order chi connectivity index (χ0) is 12.3. The Bertz CT molecular complexity index is 367. The van der Waals surface area contributed by atoms with Crippen molar-refractivity contribution in [1.82, 2.24) is 9.78 Å². The van der Waals surface area contributed by atoms with E-state index < -0.39 is 0 Å². The molecule has 1 atom stereocenters. The van der Waals surface area contributed by atoms with Gasteiger partial charge < -0.3 is 10.5 Å². The van der Waals surface area contributed by atoms with Crippen molar-refractivity contribution in [2.24, 2.45) is 0 Å². The number of hydrogen-bond acceptors (Lipinski definition) is 3. The van der Waals surface area contributed by atoms with Gasteiger partial charge in [-0.05, 0) is 32.1 Å². The number of nitrogens with zero attached hydrogens (tertiary/aromatic N) is 2. The fraction of sp³-hybridized carbons (Fsp3) is 0.769. The van der Waals surface area contributed by atoms with Crippen LogP contribution in [0.3, 0.4) is 0 Å². The van der Waals surface area contributed by atoms with Crippen LogP contribution in [0.15, 0.2) is 0 Å². The standard InChI is InChI=1S/C13H23N3O/c1-3-11-13(14)12(4-2)16(15-11)8-7-10-6-5-9-17-10/h10H,3-9,14H2,1-2H3. The first-order valence-electron chi connectivity index (χ1n) is 6.71. The number of rotatable bonds is 5. The highest BCUT2D eigenvalue weighted by Crippen LogP contribution is 2.21. The number of nitrogen functional groups attached to an aromatic ring is 1. The third-order valence-corrected chi connectivity index (χ3v) is 3.53. The van der Waals surface area contributed by atoms with Crippen LogP contribution in [0.4, 0.5) is 5.69 Å². The molecule has 1 unspecified atom stereocenters. The first kappa shape index (κ1) is 12.4. The summed E-state index contributed by atoms with van der Waals surface area (Å²) in [5.74, 6) is 0. The molecule has 0 bridgehead atoms. The van der Waals surface area contributed by atoms with Gasteiger partial charge in [0, 0.05) is 13.2 Å². The van der Waals surface area contributed by atoms with Gasteiger partial charge in [0.2, 0.25) is 0 Å². The Morgan fingerprint density at radius 1 is 1.41 bits per heavy atom. The van der Waals surface area contributed by atoms with E-state index in [0.717, 1.165) is 43.8 Å². The number of hydrogen-bond donors (Lipinski definition) is 1. The fourth-order valence-corrected chi connectivity index (χ4v) is 2.52. The number of ether oxygens (including phenoxy) is 1. The maximum absolute atomic E-state index is 6.09. The summed E-state index contributed by atoms with van der Waals surface area (Å²) in [6.45, 7) is 6.09. The average molecular weight is 237 g/mol. The van der Waals surface area contributed by atoms with E-state index >= 15 is 0 Å². The molecule has 2 rings (SSSR count). The highest BCUT2D eigenvalue weighted by molar-refractivity contribution is 5.48. The fourth-order valence-electron chi connectivity index (χ4n) is 2.52. The molecule has 1 aromatic rings. The van der Waals surface area contributed by atoms with Crippen molar-refractivity contribution >= 4 is 5.69 Å². The van der Waals surface area contributed by atoms with Gasteiger partial charge in [-0.2, -0.15) is 5.10 Å². The second kappa shape index (κ2) is 5.54. The lowest BCUT2D eigenvalue weighted by atomic mass is 10.2. The van der Waals surface area contributed by atoms with Gasteiger partial charge in [0.05, 0.1) is 23.2 Å². The van der Waals surface area contributed by atoms with Crippen molar-refractivity contribution in [2.75, 3.05) is 12.3 Å². The minimum atomic E-state index is 0.426. The summed E-state index contributed by atoms with van der Waals surface area (Å²) in [5.41, 5.74) is 9.20. The molecule has 2 heterocycles. The Labute approximate surface area is 103 Å². The van der Waals surface area contributed by atoms with Crippen LogP contribution in [0.1, 0.15) is 44.5 Å². The molecule has 1 aliphatic rings. The normalized spacial score (nSPS) is 20.0. The van der Waals surface area contributed by atoms with Gasteiger partial charge in [-0.15, -0.1) is 0 Å². The molecular formula is C13H23N3O. The van der Waals surface area contributed by atoms with Gasteiger partial charge in [-0.25, -0.2) is 0 Å². The molecule has 0 spiro atoms. The smallest absolute Gasteiger partial charge is 0.0854 e. The van der Waals surface area contributed by atoms with E-state index in [4.69, 9.17) is 10.5 Å². The van der Waals surface area contributed by atoms with Crippen LogP contribution in [0.2, 0.25) is 0 Å². The van der Waals surface area contributed by atoms with Crippen LogP contribution in [-0.4, -0.2) is 22.5 Å². The first-order valence-corrected chi connectivity index (χ1v) is 6.71. The summed E-state index contributed by atoms with van der Waals surface area (Å²) < 4.78 is 7.72. The van der Waals surface area contributed by atoms with Gasteiger partial charge in [0.15, 0.2) is 0 Å². The van der Waals surface area contributed by atoms with Crippen LogP contribution in [-0.2, 0) is 24.1 Å². The third kappa shape index (κ3) is 2.63. The monoisotopic (exact) mass is 237 g/mol. The van der Waals surface area contributed by atoms with Gasteiger partial charge in [-0.1, -0.05) is 13.8 Å². The zero-order valence-electron chi connectivity index (χ0n) is 10.9. The molecule has 4 nitrogen and oxygen atoms in total. The second-order valence-electron chi connectivity index (χ2n) is 4.66. The molecule has 2 N–H and O–H groups in total. The number of anilines is 1. The van der Waals surface area contributed by atoms with Crippen molar-refractivity contribution in [3.8, 4) is 0 Å². The van der Waals surface area contributed by atoms with E-state index in [2.05, 4.69) is 23.6 Å². The summed E-state index contributed by atoms with van der Waals surface area (Å²) in [6.07, 6.45) is 5.73. The Kier molecular flexibility index (Phi) is 4.05. The highest BCUT2D eigenvalue weighted by Gasteiger charge is 2.17. The Morgan fingerprint density at radius 2 is 2.24 bits per heavy atom. The van der Waals surface area contributed by atoms with Gasteiger partial charge in [0.25, 0.3) is 0 Å². The lowest BCUT2D eigenvalue weighted by Gasteiger charge is -2.10. The largest absolute Gasteiger partial charge is 0.396 e. The molecule has 1 saturated heterocycles. The number of aryl methyl sites for hydroxylation is 2. The van der Waals surface area contributed by atoms with Crippen molar-refractivity contribution in [1.29, 1.82) is 0 Å². The highest BCUT2D eigenvalue weighted by atomic mass is 16.5. The van der Waals surface area contributed by atoms with E-state index in [-0.39, 0.29) is 0 Å². The molecule has 17 heavy (non-hydrogen) atoms. The Hall–Kier alpha value is -1.03.